The molecule has 2 amide bonds. The van der Waals surface area contributed by atoms with Gasteiger partial charge in [0.2, 0.25) is 0 Å². The van der Waals surface area contributed by atoms with Gasteiger partial charge in [0.1, 0.15) is 31.1 Å². The molecule has 0 saturated carbocycles. The fourth-order valence-electron chi connectivity index (χ4n) is 5.08. The zero-order valence-electron chi connectivity index (χ0n) is 30.0. The van der Waals surface area contributed by atoms with Gasteiger partial charge < -0.3 is 34.3 Å². The van der Waals surface area contributed by atoms with Crippen LogP contribution in [0.15, 0.2) is 12.1 Å². The van der Waals surface area contributed by atoms with Crippen molar-refractivity contribution in [3.8, 4) is 5.75 Å². The molecule has 0 spiro atoms. The highest BCUT2D eigenvalue weighted by Gasteiger charge is 2.43. The van der Waals surface area contributed by atoms with Gasteiger partial charge in [-0.3, -0.25) is 4.79 Å². The highest BCUT2D eigenvalue weighted by molar-refractivity contribution is 5.94. The zero-order valence-corrected chi connectivity index (χ0v) is 30.0. The number of carbonyl (C=O) groups excluding carboxylic acids is 3. The summed E-state index contributed by atoms with van der Waals surface area (Å²) < 4.78 is 24.2. The minimum atomic E-state index is -0.844. The van der Waals surface area contributed by atoms with E-state index in [0.29, 0.717) is 64.3 Å². The Hall–Kier alpha value is -3.18. The number of rotatable bonds is 10. The molecule has 11 nitrogen and oxygen atoms in total. The minimum Gasteiger partial charge on any atom is -0.507 e. The molecular formula is C35H60N3O8+. The first-order valence-electron chi connectivity index (χ1n) is 16.6. The number of carbonyl (C=O) groups is 3. The number of nitrogens with one attached hydrogen (secondary N) is 1. The molecule has 262 valence electrons. The third kappa shape index (κ3) is 13.3. The average molecular weight is 651 g/mol. The minimum absolute atomic E-state index is 0.0805. The molecule has 2 heterocycles. The van der Waals surface area contributed by atoms with Crippen LogP contribution in [-0.2, 0) is 23.7 Å². The van der Waals surface area contributed by atoms with Crippen molar-refractivity contribution >= 4 is 23.7 Å². The number of hydrogen-bond donors (Lipinski definition) is 2. The molecule has 0 aromatic heterocycles. The number of hydrogen-bond acceptors (Lipinski definition) is 8. The van der Waals surface area contributed by atoms with Crippen molar-refractivity contribution < 1.29 is 43.0 Å². The molecule has 2 aliphatic heterocycles. The number of phenols is 1. The third-order valence-electron chi connectivity index (χ3n) is 7.65. The first-order valence-corrected chi connectivity index (χ1v) is 16.6. The van der Waals surface area contributed by atoms with Crippen LogP contribution in [0.5, 0.6) is 5.75 Å². The monoisotopic (exact) mass is 650 g/mol. The number of ether oxygens (including phenoxy) is 4. The maximum Gasteiger partial charge on any atom is 0.410 e. The Morgan fingerprint density at radius 2 is 1.76 bits per heavy atom. The van der Waals surface area contributed by atoms with E-state index >= 15 is 0 Å². The van der Waals surface area contributed by atoms with Crippen molar-refractivity contribution in [2.45, 2.75) is 105 Å². The number of benzene rings is 1. The molecule has 3 rings (SSSR count). The van der Waals surface area contributed by atoms with Gasteiger partial charge in [-0.15, -0.1) is 0 Å². The summed E-state index contributed by atoms with van der Waals surface area (Å²) in [4.78, 5) is 37.8. The fraction of sp³-hybridized carbons (Fsp3) is 0.714. The smallest absolute Gasteiger partial charge is 0.410 e. The number of amides is 2. The molecule has 0 radical (unpaired) electrons. The number of nitrogens with zero attached hydrogens (tertiary/aromatic N) is 2. The van der Waals surface area contributed by atoms with Crippen LogP contribution >= 0.6 is 0 Å². The van der Waals surface area contributed by atoms with E-state index in [-0.39, 0.29) is 23.7 Å². The van der Waals surface area contributed by atoms with Gasteiger partial charge in [-0.25, -0.2) is 14.2 Å². The van der Waals surface area contributed by atoms with Gasteiger partial charge in [0.05, 0.1) is 7.11 Å². The summed E-state index contributed by atoms with van der Waals surface area (Å²) in [5.74, 6) is -0.0956. The van der Waals surface area contributed by atoms with Gasteiger partial charge in [-0.2, -0.15) is 0 Å². The zero-order chi connectivity index (χ0) is 34.9. The van der Waals surface area contributed by atoms with Gasteiger partial charge in [-0.1, -0.05) is 20.8 Å². The van der Waals surface area contributed by atoms with E-state index in [9.17, 15) is 19.5 Å². The summed E-state index contributed by atoms with van der Waals surface area (Å²) in [5, 5.41) is 12.4. The van der Waals surface area contributed by atoms with Crippen LogP contribution in [0.25, 0.3) is 0 Å². The number of phenolic OH excluding ortho intramolecular Hbond substituents is 1. The number of aromatic hydroxyl groups is 1. The summed E-state index contributed by atoms with van der Waals surface area (Å²) >= 11 is 0. The van der Waals surface area contributed by atoms with E-state index in [0.717, 1.165) is 42.6 Å². The summed E-state index contributed by atoms with van der Waals surface area (Å²) in [5.41, 5.74) is 1.84. The van der Waals surface area contributed by atoms with Gasteiger partial charge in [0.15, 0.2) is 17.9 Å². The molecule has 1 atom stereocenters. The predicted molar refractivity (Wildman–Crippen MR) is 180 cm³/mol. The summed E-state index contributed by atoms with van der Waals surface area (Å²) in [6, 6.07) is 3.40. The first kappa shape index (κ1) is 40.8. The molecule has 2 N–H and O–H groups in total. The molecule has 46 heavy (non-hydrogen) atoms. The highest BCUT2D eigenvalue weighted by Crippen LogP contribution is 2.30. The van der Waals surface area contributed by atoms with Crippen LogP contribution in [-0.4, -0.2) is 110 Å². The Kier molecular flexibility index (Phi) is 17.9. The summed E-state index contributed by atoms with van der Waals surface area (Å²) in [6.45, 7) is 19.6. The Morgan fingerprint density at radius 3 is 2.30 bits per heavy atom. The first-order chi connectivity index (χ1) is 21.7. The van der Waals surface area contributed by atoms with Crippen molar-refractivity contribution in [2.75, 3.05) is 60.2 Å². The molecule has 0 aliphatic carbocycles. The van der Waals surface area contributed by atoms with E-state index in [1.807, 2.05) is 41.5 Å². The van der Waals surface area contributed by atoms with Crippen LogP contribution in [0.3, 0.4) is 0 Å². The van der Waals surface area contributed by atoms with Gasteiger partial charge in [0.25, 0.3) is 5.91 Å². The standard InChI is InChI=1S/C21H37N2O6.C12H17NO2.C2H6/c1-20(2,3)29-19(25)22(4)11-8-17-16-27-15-13-23(17)12-10-21(18(24)26-5)9-6-7-14-28-21;1-4-5-13-12(15)10-6-8(2)11(14)9(3)7-10;1-2/h6-16H2,1-5H3;6-7,14H,4-5H2,1-3H3,(H,13,15);1-2H3/q+1;;/t21-;;/m0../s1. The van der Waals surface area contributed by atoms with Crippen molar-refractivity contribution in [1.82, 2.24) is 10.2 Å². The van der Waals surface area contributed by atoms with Crippen LogP contribution in [0.4, 0.5) is 4.79 Å². The molecule has 2 aliphatic rings. The maximum atomic E-state index is 12.4. The van der Waals surface area contributed by atoms with E-state index in [2.05, 4.69) is 9.89 Å². The second kappa shape index (κ2) is 20.1. The average Bonchev–Trinajstić information content (AvgIpc) is 3.04. The van der Waals surface area contributed by atoms with Gasteiger partial charge in [-0.05, 0) is 83.6 Å². The molecule has 0 unspecified atom stereocenters. The molecule has 0 bridgehead atoms. The maximum absolute atomic E-state index is 12.4. The van der Waals surface area contributed by atoms with E-state index < -0.39 is 11.2 Å². The Morgan fingerprint density at radius 1 is 1.11 bits per heavy atom. The molecule has 11 heteroatoms. The molecule has 1 fully saturated rings. The molecule has 1 aromatic carbocycles. The summed E-state index contributed by atoms with van der Waals surface area (Å²) in [6.07, 6.45) is 4.51. The van der Waals surface area contributed by atoms with Crippen LogP contribution in [0.1, 0.15) is 102 Å². The number of methoxy groups -OCH3 is 1. The highest BCUT2D eigenvalue weighted by atomic mass is 16.6. The van der Waals surface area contributed by atoms with Crippen molar-refractivity contribution in [3.63, 3.8) is 0 Å². The van der Waals surface area contributed by atoms with Crippen LogP contribution < -0.4 is 5.32 Å². The quantitative estimate of drug-likeness (QED) is 0.255. The SMILES string of the molecule is CC.CCCNC(=O)c1cc(C)c(O)c(C)c1.COC(=O)[C@@]1(CC[N+]2=C(CCN(C)C(=O)OC(C)(C)C)COCC2)CCCCO1. The molecule has 1 aromatic rings. The van der Waals surface area contributed by atoms with Crippen molar-refractivity contribution in [2.24, 2.45) is 0 Å². The van der Waals surface area contributed by atoms with Crippen LogP contribution in [0, 0.1) is 13.8 Å². The summed E-state index contributed by atoms with van der Waals surface area (Å²) in [7, 11) is 3.16. The van der Waals surface area contributed by atoms with Crippen molar-refractivity contribution in [3.05, 3.63) is 28.8 Å². The normalized spacial score (nSPS) is 17.9. The second-order valence-corrected chi connectivity index (χ2v) is 12.5. The lowest BCUT2D eigenvalue weighted by molar-refractivity contribution is -0.543. The van der Waals surface area contributed by atoms with E-state index in [4.69, 9.17) is 18.9 Å². The van der Waals surface area contributed by atoms with E-state index in [1.54, 1.807) is 37.9 Å². The van der Waals surface area contributed by atoms with Gasteiger partial charge in [0, 0.05) is 45.1 Å². The predicted octanol–water partition coefficient (Wildman–Crippen LogP) is 5.40. The van der Waals surface area contributed by atoms with Gasteiger partial charge >= 0.3 is 12.1 Å². The Bertz CT molecular complexity index is 1130. The fourth-order valence-corrected chi connectivity index (χ4v) is 5.08. The Labute approximate surface area is 276 Å². The van der Waals surface area contributed by atoms with E-state index in [1.165, 1.54) is 7.11 Å². The topological polar surface area (TPSA) is 127 Å². The second-order valence-electron chi connectivity index (χ2n) is 12.5. The molecule has 1 saturated heterocycles. The lowest BCUT2D eigenvalue weighted by Gasteiger charge is -2.34. The lowest BCUT2D eigenvalue weighted by Crippen LogP contribution is -2.48. The Balaban J connectivity index is 0.000000522. The number of aryl methyl sites for hydroxylation is 2. The third-order valence-corrected chi connectivity index (χ3v) is 7.65. The largest absolute Gasteiger partial charge is 0.507 e. The van der Waals surface area contributed by atoms with Crippen LogP contribution in [0.2, 0.25) is 0 Å². The molecular weight excluding hydrogens is 590 g/mol. The number of esters is 1. The lowest BCUT2D eigenvalue weighted by atomic mass is 9.90. The van der Waals surface area contributed by atoms with Crippen molar-refractivity contribution in [1.29, 1.82) is 0 Å².